The highest BCUT2D eigenvalue weighted by molar-refractivity contribution is 5.79. The molecule has 3 rings (SSSR count). The number of hydrogen-bond acceptors (Lipinski definition) is 4. The van der Waals surface area contributed by atoms with Crippen LogP contribution in [0.3, 0.4) is 0 Å². The molecule has 0 spiro atoms. The zero-order valence-electron chi connectivity index (χ0n) is 15.0. The van der Waals surface area contributed by atoms with Crippen molar-refractivity contribution in [3.8, 4) is 0 Å². The zero-order chi connectivity index (χ0) is 16.2. The molecule has 5 nitrogen and oxygen atoms in total. The van der Waals surface area contributed by atoms with Crippen molar-refractivity contribution in [1.29, 1.82) is 0 Å². The van der Waals surface area contributed by atoms with Crippen LogP contribution in [0.25, 0.3) is 0 Å². The Bertz CT molecular complexity index is 378. The highest BCUT2D eigenvalue weighted by Gasteiger charge is 2.30. The summed E-state index contributed by atoms with van der Waals surface area (Å²) in [5.41, 5.74) is 0. The molecule has 0 saturated carbocycles. The molecule has 5 heteroatoms. The Labute approximate surface area is 141 Å². The lowest BCUT2D eigenvalue weighted by Crippen LogP contribution is -2.50. The highest BCUT2D eigenvalue weighted by Crippen LogP contribution is 2.23. The lowest BCUT2D eigenvalue weighted by Gasteiger charge is -2.39. The summed E-state index contributed by atoms with van der Waals surface area (Å²) in [6.45, 7) is 9.90. The maximum Gasteiger partial charge on any atom is 0.225 e. The van der Waals surface area contributed by atoms with Gasteiger partial charge in [-0.3, -0.25) is 4.79 Å². The fraction of sp³-hybridized carbons (Fsp3) is 0.944. The van der Waals surface area contributed by atoms with Crippen LogP contribution >= 0.6 is 0 Å². The van der Waals surface area contributed by atoms with Crippen LogP contribution in [0.1, 0.15) is 25.7 Å². The molecule has 3 aliphatic rings. The van der Waals surface area contributed by atoms with E-state index in [-0.39, 0.29) is 5.92 Å². The van der Waals surface area contributed by atoms with Crippen LogP contribution in [0.4, 0.5) is 0 Å². The van der Waals surface area contributed by atoms with Gasteiger partial charge in [0.1, 0.15) is 0 Å². The second kappa shape index (κ2) is 7.95. The van der Waals surface area contributed by atoms with E-state index in [1.54, 1.807) is 0 Å². The van der Waals surface area contributed by atoms with E-state index in [0.29, 0.717) is 5.91 Å². The summed E-state index contributed by atoms with van der Waals surface area (Å²) in [6.07, 6.45) is 4.82. The summed E-state index contributed by atoms with van der Waals surface area (Å²) >= 11 is 0. The lowest BCUT2D eigenvalue weighted by molar-refractivity contribution is -0.138. The first-order valence-electron chi connectivity index (χ1n) is 9.50. The molecule has 0 aromatic rings. The number of nitrogens with zero attached hydrogens (tertiary/aromatic N) is 4. The van der Waals surface area contributed by atoms with Crippen molar-refractivity contribution in [2.45, 2.75) is 25.7 Å². The van der Waals surface area contributed by atoms with Gasteiger partial charge in [0.05, 0.1) is 0 Å². The van der Waals surface area contributed by atoms with E-state index in [1.807, 2.05) is 0 Å². The maximum atomic E-state index is 12.7. The van der Waals surface area contributed by atoms with Gasteiger partial charge < -0.3 is 19.6 Å². The van der Waals surface area contributed by atoms with Crippen molar-refractivity contribution in [2.24, 2.45) is 11.8 Å². The van der Waals surface area contributed by atoms with Gasteiger partial charge in [0.2, 0.25) is 5.91 Å². The van der Waals surface area contributed by atoms with E-state index < -0.39 is 0 Å². The largest absolute Gasteiger partial charge is 0.340 e. The Kier molecular flexibility index (Phi) is 5.94. The van der Waals surface area contributed by atoms with Crippen LogP contribution < -0.4 is 0 Å². The van der Waals surface area contributed by atoms with Crippen molar-refractivity contribution < 1.29 is 4.79 Å². The number of likely N-dealkylation sites (N-methyl/N-ethyl adjacent to an activating group) is 1. The van der Waals surface area contributed by atoms with E-state index in [9.17, 15) is 4.79 Å². The molecule has 132 valence electrons. The molecule has 3 saturated heterocycles. The fourth-order valence-electron chi connectivity index (χ4n) is 4.26. The van der Waals surface area contributed by atoms with E-state index in [1.165, 1.54) is 32.5 Å². The third-order valence-corrected chi connectivity index (χ3v) is 6.11. The molecule has 0 radical (unpaired) electrons. The molecule has 1 amide bonds. The van der Waals surface area contributed by atoms with Crippen LogP contribution in [0.5, 0.6) is 0 Å². The Balaban J connectivity index is 1.39. The van der Waals surface area contributed by atoms with Gasteiger partial charge in [-0.15, -0.1) is 0 Å². The van der Waals surface area contributed by atoms with Crippen LogP contribution in [0.15, 0.2) is 0 Å². The van der Waals surface area contributed by atoms with Gasteiger partial charge in [-0.1, -0.05) is 0 Å². The number of hydrogen-bond donors (Lipinski definition) is 0. The molecule has 0 aliphatic carbocycles. The smallest absolute Gasteiger partial charge is 0.225 e. The van der Waals surface area contributed by atoms with Crippen molar-refractivity contribution in [3.63, 3.8) is 0 Å². The van der Waals surface area contributed by atoms with Crippen LogP contribution in [0, 0.1) is 11.8 Å². The Morgan fingerprint density at radius 3 is 1.96 bits per heavy atom. The number of amides is 1. The molecular weight excluding hydrogens is 288 g/mol. The first-order valence-corrected chi connectivity index (χ1v) is 9.50. The molecule has 0 aromatic carbocycles. The van der Waals surface area contributed by atoms with Crippen LogP contribution in [0.2, 0.25) is 0 Å². The predicted molar refractivity (Wildman–Crippen MR) is 93.5 cm³/mol. The molecule has 0 atom stereocenters. The summed E-state index contributed by atoms with van der Waals surface area (Å²) in [5.74, 6) is 1.58. The van der Waals surface area contributed by atoms with Gasteiger partial charge in [-0.05, 0) is 71.9 Å². The molecule has 0 aromatic heterocycles. The standard InChI is InChI=1S/C18H34N4O/c1-19-7-3-16(4-8-19)15-21-9-5-17(6-10-21)18(23)22-13-11-20(2)12-14-22/h16-17H,3-15H2,1-2H3. The molecule has 0 bridgehead atoms. The average molecular weight is 322 g/mol. The second-order valence-electron chi connectivity index (χ2n) is 7.95. The number of likely N-dealkylation sites (tertiary alicyclic amines) is 2. The van der Waals surface area contributed by atoms with E-state index in [2.05, 4.69) is 33.7 Å². The molecule has 3 fully saturated rings. The number of carbonyl (C=O) groups excluding carboxylic acids is 1. The normalized spacial score (nSPS) is 27.5. The Morgan fingerprint density at radius 2 is 1.35 bits per heavy atom. The summed E-state index contributed by atoms with van der Waals surface area (Å²) in [7, 11) is 4.37. The molecule has 0 N–H and O–H groups in total. The number of piperazine rings is 1. The van der Waals surface area contributed by atoms with Crippen LogP contribution in [-0.4, -0.2) is 98.5 Å². The van der Waals surface area contributed by atoms with Crippen molar-refractivity contribution >= 4 is 5.91 Å². The summed E-state index contributed by atoms with van der Waals surface area (Å²) in [5, 5.41) is 0. The third kappa shape index (κ3) is 4.68. The molecule has 3 aliphatic heterocycles. The average Bonchev–Trinajstić information content (AvgIpc) is 2.58. The van der Waals surface area contributed by atoms with E-state index in [0.717, 1.165) is 58.0 Å². The van der Waals surface area contributed by atoms with Gasteiger partial charge in [-0.25, -0.2) is 0 Å². The SMILES string of the molecule is CN1CCC(CN2CCC(C(=O)N3CCN(C)CC3)CC2)CC1. The summed E-state index contributed by atoms with van der Waals surface area (Å²) < 4.78 is 0. The summed E-state index contributed by atoms with van der Waals surface area (Å²) in [6, 6.07) is 0. The quantitative estimate of drug-likeness (QED) is 0.769. The Hall–Kier alpha value is -0.650. The monoisotopic (exact) mass is 322 g/mol. The van der Waals surface area contributed by atoms with Crippen LogP contribution in [-0.2, 0) is 4.79 Å². The van der Waals surface area contributed by atoms with E-state index >= 15 is 0 Å². The fourth-order valence-corrected chi connectivity index (χ4v) is 4.26. The van der Waals surface area contributed by atoms with Gasteiger partial charge in [-0.2, -0.15) is 0 Å². The van der Waals surface area contributed by atoms with Gasteiger partial charge in [0.25, 0.3) is 0 Å². The number of piperidine rings is 2. The van der Waals surface area contributed by atoms with Gasteiger partial charge in [0, 0.05) is 38.6 Å². The third-order valence-electron chi connectivity index (χ3n) is 6.11. The minimum Gasteiger partial charge on any atom is -0.340 e. The Morgan fingerprint density at radius 1 is 0.783 bits per heavy atom. The predicted octanol–water partition coefficient (Wildman–Crippen LogP) is 0.814. The van der Waals surface area contributed by atoms with Crippen molar-refractivity contribution in [2.75, 3.05) is 73.0 Å². The first-order chi connectivity index (χ1) is 11.1. The maximum absolute atomic E-state index is 12.7. The van der Waals surface area contributed by atoms with Crippen molar-refractivity contribution in [3.05, 3.63) is 0 Å². The number of rotatable bonds is 3. The van der Waals surface area contributed by atoms with Gasteiger partial charge >= 0.3 is 0 Å². The highest BCUT2D eigenvalue weighted by atomic mass is 16.2. The minimum absolute atomic E-state index is 0.284. The van der Waals surface area contributed by atoms with E-state index in [4.69, 9.17) is 0 Å². The lowest BCUT2D eigenvalue weighted by atomic mass is 9.92. The molecule has 0 unspecified atom stereocenters. The zero-order valence-corrected chi connectivity index (χ0v) is 15.0. The number of carbonyl (C=O) groups is 1. The summed E-state index contributed by atoms with van der Waals surface area (Å²) in [4.78, 5) is 22.2. The molecular formula is C18H34N4O. The molecule has 3 heterocycles. The van der Waals surface area contributed by atoms with Gasteiger partial charge in [0.15, 0.2) is 0 Å². The van der Waals surface area contributed by atoms with Crippen molar-refractivity contribution in [1.82, 2.24) is 19.6 Å². The molecule has 23 heavy (non-hydrogen) atoms. The second-order valence-corrected chi connectivity index (χ2v) is 7.95. The topological polar surface area (TPSA) is 30.0 Å². The first kappa shape index (κ1) is 17.2. The minimum atomic E-state index is 0.284.